The van der Waals surface area contributed by atoms with Crippen molar-refractivity contribution in [2.75, 3.05) is 0 Å². The Bertz CT molecular complexity index is 600. The molecule has 0 aliphatic rings. The highest BCUT2D eigenvalue weighted by Crippen LogP contribution is 2.03. The molecule has 2 aromatic rings. The molecule has 0 aliphatic carbocycles. The quantitative estimate of drug-likeness (QED) is 0.801. The fraction of sp³-hybridized carbons (Fsp3) is 0.222. The van der Waals surface area contributed by atoms with E-state index in [4.69, 9.17) is 0 Å². The molecule has 5 heteroatoms. The molecule has 0 saturated carbocycles. The topological polar surface area (TPSA) is 58.2 Å². The third-order valence-electron chi connectivity index (χ3n) is 3.32. The number of hydrogen-bond acceptors (Lipinski definition) is 2. The smallest absolute Gasteiger partial charge is 0.257 e. The Morgan fingerprint density at radius 3 is 1.43 bits per heavy atom. The molecular formula is C18H22N2O2Si. The van der Waals surface area contributed by atoms with Gasteiger partial charge in [0.05, 0.1) is 12.8 Å². The van der Waals surface area contributed by atoms with Crippen LogP contribution in [0.4, 0.5) is 0 Å². The first-order valence-corrected chi connectivity index (χ1v) is 10.6. The Balaban J connectivity index is 1.85. The summed E-state index contributed by atoms with van der Waals surface area (Å²) in [5.74, 6) is -0.124. The summed E-state index contributed by atoms with van der Waals surface area (Å²) in [5.41, 5.74) is 1.93. The molecule has 23 heavy (non-hydrogen) atoms. The van der Waals surface area contributed by atoms with Crippen LogP contribution in [0.1, 0.15) is 11.1 Å². The van der Waals surface area contributed by atoms with E-state index >= 15 is 0 Å². The SMILES string of the molecule is C[Si](C)(NC(=O)Cc1ccccc1)NC(=O)Cc1ccccc1. The molecule has 2 aromatic carbocycles. The molecule has 0 aromatic heterocycles. The van der Waals surface area contributed by atoms with Crippen molar-refractivity contribution in [3.8, 4) is 0 Å². The van der Waals surface area contributed by atoms with Crippen molar-refractivity contribution in [3.05, 3.63) is 71.8 Å². The van der Waals surface area contributed by atoms with Gasteiger partial charge in [0, 0.05) is 0 Å². The van der Waals surface area contributed by atoms with E-state index < -0.39 is 8.40 Å². The van der Waals surface area contributed by atoms with Crippen molar-refractivity contribution in [2.45, 2.75) is 25.9 Å². The van der Waals surface area contributed by atoms with Gasteiger partial charge in [0.15, 0.2) is 0 Å². The second kappa shape index (κ2) is 7.74. The Morgan fingerprint density at radius 2 is 1.09 bits per heavy atom. The van der Waals surface area contributed by atoms with E-state index in [9.17, 15) is 9.59 Å². The van der Waals surface area contributed by atoms with Crippen molar-refractivity contribution < 1.29 is 9.59 Å². The molecule has 2 N–H and O–H groups in total. The number of benzene rings is 2. The Kier molecular flexibility index (Phi) is 5.70. The largest absolute Gasteiger partial charge is 0.365 e. The third kappa shape index (κ3) is 6.08. The lowest BCUT2D eigenvalue weighted by Gasteiger charge is -2.24. The predicted octanol–water partition coefficient (Wildman–Crippen LogP) is 2.41. The molecule has 0 radical (unpaired) electrons. The van der Waals surface area contributed by atoms with Crippen LogP contribution in [0, 0.1) is 0 Å². The summed E-state index contributed by atoms with van der Waals surface area (Å²) in [6.45, 7) is 3.83. The molecule has 0 aliphatic heterocycles. The van der Waals surface area contributed by atoms with Gasteiger partial charge in [0.2, 0.25) is 11.8 Å². The van der Waals surface area contributed by atoms with Gasteiger partial charge in [-0.2, -0.15) is 0 Å². The molecular weight excluding hydrogens is 304 g/mol. The summed E-state index contributed by atoms with van der Waals surface area (Å²) >= 11 is 0. The average Bonchev–Trinajstić information content (AvgIpc) is 2.47. The minimum Gasteiger partial charge on any atom is -0.365 e. The van der Waals surface area contributed by atoms with Crippen LogP contribution in [0.2, 0.25) is 13.1 Å². The number of carbonyl (C=O) groups excluding carboxylic acids is 2. The molecule has 0 atom stereocenters. The van der Waals surface area contributed by atoms with Crippen LogP contribution in [-0.4, -0.2) is 20.2 Å². The lowest BCUT2D eigenvalue weighted by Crippen LogP contribution is -2.62. The Hall–Kier alpha value is -2.40. The Morgan fingerprint density at radius 1 is 0.739 bits per heavy atom. The van der Waals surface area contributed by atoms with Crippen LogP contribution in [0.3, 0.4) is 0 Å². The highest BCUT2D eigenvalue weighted by Gasteiger charge is 2.26. The van der Waals surface area contributed by atoms with Crippen LogP contribution < -0.4 is 9.96 Å². The normalized spacial score (nSPS) is 10.9. The van der Waals surface area contributed by atoms with Crippen LogP contribution in [0.5, 0.6) is 0 Å². The van der Waals surface area contributed by atoms with Gasteiger partial charge >= 0.3 is 0 Å². The van der Waals surface area contributed by atoms with Gasteiger partial charge in [0.25, 0.3) is 8.40 Å². The van der Waals surface area contributed by atoms with Gasteiger partial charge in [-0.05, 0) is 24.2 Å². The molecule has 0 spiro atoms. The zero-order valence-corrected chi connectivity index (χ0v) is 14.5. The van der Waals surface area contributed by atoms with Crippen molar-refractivity contribution in [2.24, 2.45) is 0 Å². The highest BCUT2D eigenvalue weighted by atomic mass is 28.3. The minimum atomic E-state index is -2.34. The zero-order chi connectivity index (χ0) is 16.7. The average molecular weight is 326 g/mol. The number of carbonyl (C=O) groups is 2. The van der Waals surface area contributed by atoms with E-state index in [-0.39, 0.29) is 11.8 Å². The maximum atomic E-state index is 12.1. The molecule has 2 amide bonds. The molecule has 0 unspecified atom stereocenters. The van der Waals surface area contributed by atoms with Gasteiger partial charge < -0.3 is 9.96 Å². The van der Waals surface area contributed by atoms with Crippen molar-refractivity contribution in [1.82, 2.24) is 9.96 Å². The van der Waals surface area contributed by atoms with E-state index in [2.05, 4.69) is 9.96 Å². The van der Waals surface area contributed by atoms with Gasteiger partial charge in [0.1, 0.15) is 0 Å². The Labute approximate surface area is 138 Å². The first kappa shape index (κ1) is 17.0. The first-order chi connectivity index (χ1) is 10.9. The van der Waals surface area contributed by atoms with Crippen LogP contribution in [0.15, 0.2) is 60.7 Å². The number of amides is 2. The summed E-state index contributed by atoms with van der Waals surface area (Å²) in [6.07, 6.45) is 0.650. The molecule has 4 nitrogen and oxygen atoms in total. The standard InChI is InChI=1S/C18H22N2O2Si/c1-23(2,19-17(21)13-15-9-5-3-6-10-15)20-18(22)14-16-11-7-4-8-12-16/h3-12H,13-14H2,1-2H3,(H,19,21)(H,20,22). The molecule has 0 bridgehead atoms. The molecule has 0 saturated heterocycles. The molecule has 0 heterocycles. The lowest BCUT2D eigenvalue weighted by atomic mass is 10.1. The first-order valence-electron chi connectivity index (χ1n) is 7.64. The summed E-state index contributed by atoms with van der Waals surface area (Å²) in [4.78, 5) is 30.3. The van der Waals surface area contributed by atoms with Gasteiger partial charge in [-0.15, -0.1) is 0 Å². The summed E-state index contributed by atoms with van der Waals surface area (Å²) in [7, 11) is -2.34. The van der Waals surface area contributed by atoms with E-state index in [0.29, 0.717) is 12.8 Å². The van der Waals surface area contributed by atoms with Crippen molar-refractivity contribution in [3.63, 3.8) is 0 Å². The highest BCUT2D eigenvalue weighted by molar-refractivity contribution is 6.76. The fourth-order valence-corrected chi connectivity index (χ4v) is 4.01. The second-order valence-corrected chi connectivity index (χ2v) is 9.80. The lowest BCUT2D eigenvalue weighted by molar-refractivity contribution is -0.119. The second-order valence-electron chi connectivity index (χ2n) is 6.05. The van der Waals surface area contributed by atoms with Gasteiger partial charge in [-0.3, -0.25) is 9.59 Å². The monoisotopic (exact) mass is 326 g/mol. The number of hydrogen-bond donors (Lipinski definition) is 2. The summed E-state index contributed by atoms with van der Waals surface area (Å²) in [5, 5.41) is 0. The number of nitrogens with one attached hydrogen (secondary N) is 2. The van der Waals surface area contributed by atoms with Gasteiger partial charge in [-0.25, -0.2) is 0 Å². The van der Waals surface area contributed by atoms with Crippen molar-refractivity contribution >= 4 is 20.2 Å². The van der Waals surface area contributed by atoms with E-state index in [0.717, 1.165) is 11.1 Å². The van der Waals surface area contributed by atoms with E-state index in [1.165, 1.54) is 0 Å². The van der Waals surface area contributed by atoms with E-state index in [1.807, 2.05) is 73.8 Å². The third-order valence-corrected chi connectivity index (χ3v) is 5.13. The summed E-state index contributed by atoms with van der Waals surface area (Å²) in [6, 6.07) is 19.2. The minimum absolute atomic E-state index is 0.0622. The van der Waals surface area contributed by atoms with Crippen LogP contribution in [0.25, 0.3) is 0 Å². The van der Waals surface area contributed by atoms with Crippen molar-refractivity contribution in [1.29, 1.82) is 0 Å². The fourth-order valence-electron chi connectivity index (χ4n) is 2.38. The maximum absolute atomic E-state index is 12.1. The van der Waals surface area contributed by atoms with E-state index in [1.54, 1.807) is 0 Å². The van der Waals surface area contributed by atoms with Gasteiger partial charge in [-0.1, -0.05) is 60.7 Å². The maximum Gasteiger partial charge on any atom is 0.257 e. The van der Waals surface area contributed by atoms with Crippen LogP contribution >= 0.6 is 0 Å². The predicted molar refractivity (Wildman–Crippen MR) is 94.1 cm³/mol. The molecule has 120 valence electrons. The molecule has 2 rings (SSSR count). The van der Waals surface area contributed by atoms with Crippen LogP contribution in [-0.2, 0) is 22.4 Å². The molecule has 0 fully saturated rings. The number of rotatable bonds is 6. The zero-order valence-electron chi connectivity index (χ0n) is 13.5. The summed E-state index contributed by atoms with van der Waals surface area (Å²) < 4.78 is 0.